The zero-order valence-corrected chi connectivity index (χ0v) is 7.66. The lowest BCUT2D eigenvalue weighted by Gasteiger charge is -2.00. The van der Waals surface area contributed by atoms with Gasteiger partial charge < -0.3 is 10.1 Å². The monoisotopic (exact) mass is 191 g/mol. The van der Waals surface area contributed by atoms with E-state index in [0.717, 1.165) is 5.56 Å². The molecular weight excluding hydrogens is 182 g/mol. The number of hydrogen-bond acceptors (Lipinski definition) is 3. The third-order valence-corrected chi connectivity index (χ3v) is 2.21. The topological polar surface area (TPSA) is 55.4 Å². The number of methoxy groups -OCH3 is 1. The molecule has 1 aliphatic rings. The van der Waals surface area contributed by atoms with E-state index in [4.69, 9.17) is 0 Å². The van der Waals surface area contributed by atoms with E-state index in [2.05, 4.69) is 10.1 Å². The van der Waals surface area contributed by atoms with E-state index in [9.17, 15) is 9.59 Å². The Morgan fingerprint density at radius 2 is 2.29 bits per heavy atom. The summed E-state index contributed by atoms with van der Waals surface area (Å²) in [6.07, 6.45) is 0. The summed E-state index contributed by atoms with van der Waals surface area (Å²) in [6.45, 7) is 0.537. The molecule has 1 heterocycles. The SMILES string of the molecule is COC(=O)c1ccc2c(c1)C(=O)NC2. The van der Waals surface area contributed by atoms with E-state index in [1.54, 1.807) is 18.2 Å². The number of hydrogen-bond donors (Lipinski definition) is 1. The second kappa shape index (κ2) is 3.14. The summed E-state index contributed by atoms with van der Waals surface area (Å²) in [5, 5.41) is 2.68. The molecular formula is C10H9NO3. The molecule has 72 valence electrons. The molecule has 1 amide bonds. The molecule has 0 fully saturated rings. The second-order valence-electron chi connectivity index (χ2n) is 3.05. The summed E-state index contributed by atoms with van der Waals surface area (Å²) in [5.74, 6) is -0.557. The minimum Gasteiger partial charge on any atom is -0.465 e. The number of benzene rings is 1. The Morgan fingerprint density at radius 3 is 3.00 bits per heavy atom. The summed E-state index contributed by atoms with van der Waals surface area (Å²) >= 11 is 0. The molecule has 0 unspecified atom stereocenters. The molecule has 0 spiro atoms. The van der Waals surface area contributed by atoms with Gasteiger partial charge in [-0.15, -0.1) is 0 Å². The van der Waals surface area contributed by atoms with Gasteiger partial charge in [-0.1, -0.05) is 6.07 Å². The fourth-order valence-electron chi connectivity index (χ4n) is 1.46. The first-order valence-corrected chi connectivity index (χ1v) is 4.22. The van der Waals surface area contributed by atoms with Gasteiger partial charge in [-0.3, -0.25) is 4.79 Å². The molecule has 1 N–H and O–H groups in total. The minimum atomic E-state index is -0.424. The average Bonchev–Trinajstić information content (AvgIpc) is 2.59. The first-order chi connectivity index (χ1) is 6.72. The van der Waals surface area contributed by atoms with E-state index >= 15 is 0 Å². The lowest BCUT2D eigenvalue weighted by molar-refractivity contribution is 0.0600. The molecule has 2 rings (SSSR count). The number of esters is 1. The molecule has 0 aliphatic carbocycles. The van der Waals surface area contributed by atoms with E-state index in [1.807, 2.05) is 0 Å². The summed E-state index contributed by atoms with van der Waals surface area (Å²) < 4.78 is 4.56. The third kappa shape index (κ3) is 1.25. The van der Waals surface area contributed by atoms with Crippen molar-refractivity contribution in [3.8, 4) is 0 Å². The Bertz CT molecular complexity index is 412. The van der Waals surface area contributed by atoms with Gasteiger partial charge in [-0.2, -0.15) is 0 Å². The Labute approximate surface area is 80.9 Å². The van der Waals surface area contributed by atoms with Crippen LogP contribution in [-0.2, 0) is 11.3 Å². The maximum absolute atomic E-state index is 11.3. The van der Waals surface area contributed by atoms with Crippen LogP contribution in [-0.4, -0.2) is 19.0 Å². The lowest BCUT2D eigenvalue weighted by atomic mass is 10.1. The van der Waals surface area contributed by atoms with Crippen LogP contribution in [0.1, 0.15) is 26.3 Å². The molecule has 1 aromatic rings. The highest BCUT2D eigenvalue weighted by molar-refractivity contribution is 6.01. The number of fused-ring (bicyclic) bond motifs is 1. The number of ether oxygens (including phenoxy) is 1. The maximum atomic E-state index is 11.3. The van der Waals surface area contributed by atoms with Gasteiger partial charge >= 0.3 is 5.97 Å². The Hall–Kier alpha value is -1.84. The van der Waals surface area contributed by atoms with Crippen molar-refractivity contribution in [1.82, 2.24) is 5.32 Å². The Morgan fingerprint density at radius 1 is 1.50 bits per heavy atom. The molecule has 14 heavy (non-hydrogen) atoms. The number of carbonyl (C=O) groups excluding carboxylic acids is 2. The largest absolute Gasteiger partial charge is 0.465 e. The lowest BCUT2D eigenvalue weighted by Crippen LogP contribution is -2.12. The zero-order chi connectivity index (χ0) is 10.1. The number of carbonyl (C=O) groups is 2. The maximum Gasteiger partial charge on any atom is 0.337 e. The van der Waals surface area contributed by atoms with E-state index < -0.39 is 5.97 Å². The van der Waals surface area contributed by atoms with Gasteiger partial charge in [0, 0.05) is 12.1 Å². The van der Waals surface area contributed by atoms with E-state index in [0.29, 0.717) is 17.7 Å². The van der Waals surface area contributed by atoms with Gasteiger partial charge in [0.05, 0.1) is 12.7 Å². The molecule has 4 heteroatoms. The fraction of sp³-hybridized carbons (Fsp3) is 0.200. The van der Waals surface area contributed by atoms with Crippen molar-refractivity contribution >= 4 is 11.9 Å². The van der Waals surface area contributed by atoms with Crippen molar-refractivity contribution in [1.29, 1.82) is 0 Å². The van der Waals surface area contributed by atoms with Crippen LogP contribution in [0.3, 0.4) is 0 Å². The highest BCUT2D eigenvalue weighted by atomic mass is 16.5. The van der Waals surface area contributed by atoms with E-state index in [1.165, 1.54) is 7.11 Å². The van der Waals surface area contributed by atoms with Crippen LogP contribution in [0.5, 0.6) is 0 Å². The van der Waals surface area contributed by atoms with Crippen molar-refractivity contribution in [3.63, 3.8) is 0 Å². The summed E-state index contributed by atoms with van der Waals surface area (Å²) in [4.78, 5) is 22.4. The quantitative estimate of drug-likeness (QED) is 0.665. The molecule has 0 saturated carbocycles. The Balaban J connectivity index is 2.44. The number of nitrogens with one attached hydrogen (secondary N) is 1. The molecule has 0 radical (unpaired) electrons. The van der Waals surface area contributed by atoms with Crippen LogP contribution in [0, 0.1) is 0 Å². The average molecular weight is 191 g/mol. The van der Waals surface area contributed by atoms with E-state index in [-0.39, 0.29) is 5.91 Å². The molecule has 1 aliphatic heterocycles. The molecule has 0 aromatic heterocycles. The first-order valence-electron chi connectivity index (χ1n) is 4.22. The van der Waals surface area contributed by atoms with Gasteiger partial charge in [0.1, 0.15) is 0 Å². The van der Waals surface area contributed by atoms with Crippen LogP contribution in [0.4, 0.5) is 0 Å². The molecule has 1 aromatic carbocycles. The van der Waals surface area contributed by atoms with Crippen molar-refractivity contribution in [2.24, 2.45) is 0 Å². The second-order valence-corrected chi connectivity index (χ2v) is 3.05. The number of amides is 1. The predicted octanol–water partition coefficient (Wildman–Crippen LogP) is 0.717. The van der Waals surface area contributed by atoms with Gasteiger partial charge in [0.25, 0.3) is 5.91 Å². The highest BCUT2D eigenvalue weighted by Crippen LogP contribution is 2.17. The standard InChI is InChI=1S/C10H9NO3/c1-14-10(13)6-2-3-7-5-11-9(12)8(7)4-6/h2-4H,5H2,1H3,(H,11,12). The normalized spacial score (nSPS) is 13.4. The van der Waals surface area contributed by atoms with Crippen LogP contribution >= 0.6 is 0 Å². The van der Waals surface area contributed by atoms with Gasteiger partial charge in [-0.05, 0) is 17.7 Å². The van der Waals surface area contributed by atoms with Gasteiger partial charge in [0.15, 0.2) is 0 Å². The van der Waals surface area contributed by atoms with Crippen molar-refractivity contribution in [2.45, 2.75) is 6.54 Å². The molecule has 0 saturated heterocycles. The molecule has 0 bridgehead atoms. The van der Waals surface area contributed by atoms with Crippen molar-refractivity contribution in [2.75, 3.05) is 7.11 Å². The number of rotatable bonds is 1. The molecule has 4 nitrogen and oxygen atoms in total. The van der Waals surface area contributed by atoms with Crippen molar-refractivity contribution < 1.29 is 14.3 Å². The predicted molar refractivity (Wildman–Crippen MR) is 49.0 cm³/mol. The van der Waals surface area contributed by atoms with Crippen LogP contribution < -0.4 is 5.32 Å². The highest BCUT2D eigenvalue weighted by Gasteiger charge is 2.20. The minimum absolute atomic E-state index is 0.134. The van der Waals surface area contributed by atoms with Crippen molar-refractivity contribution in [3.05, 3.63) is 34.9 Å². The van der Waals surface area contributed by atoms with Gasteiger partial charge in [-0.25, -0.2) is 4.79 Å². The molecule has 0 atom stereocenters. The Kier molecular flexibility index (Phi) is 1.96. The zero-order valence-electron chi connectivity index (χ0n) is 7.66. The first kappa shape index (κ1) is 8.74. The van der Waals surface area contributed by atoms with Gasteiger partial charge in [0.2, 0.25) is 0 Å². The van der Waals surface area contributed by atoms with Crippen LogP contribution in [0.2, 0.25) is 0 Å². The summed E-state index contributed by atoms with van der Waals surface area (Å²) in [7, 11) is 1.32. The summed E-state index contributed by atoms with van der Waals surface area (Å²) in [6, 6.07) is 4.98. The fourth-order valence-corrected chi connectivity index (χ4v) is 1.46. The third-order valence-electron chi connectivity index (χ3n) is 2.21. The van der Waals surface area contributed by atoms with Crippen LogP contribution in [0.25, 0.3) is 0 Å². The smallest absolute Gasteiger partial charge is 0.337 e. The van der Waals surface area contributed by atoms with Crippen LogP contribution in [0.15, 0.2) is 18.2 Å². The summed E-state index contributed by atoms with van der Waals surface area (Å²) in [5.41, 5.74) is 1.89.